The van der Waals surface area contributed by atoms with Gasteiger partial charge in [-0.25, -0.2) is 12.2 Å². The van der Waals surface area contributed by atoms with Crippen LogP contribution in [0.5, 0.6) is 0 Å². The van der Waals surface area contributed by atoms with E-state index in [0.29, 0.717) is 12.5 Å². The maximum Gasteiger partial charge on any atom is 0.154 e. The summed E-state index contributed by atoms with van der Waals surface area (Å²) in [6.45, 7) is 0. The molecule has 4 atom stereocenters. The van der Waals surface area contributed by atoms with Crippen molar-refractivity contribution in [3.8, 4) is 0 Å². The zero-order valence-corrected chi connectivity index (χ0v) is 7.88. The number of hydroxylamine groups is 4. The molecule has 1 radical (unpaired) electrons. The van der Waals surface area contributed by atoms with Gasteiger partial charge in [-0.15, -0.1) is 0 Å². The second-order valence-corrected chi connectivity index (χ2v) is 2.96. The Morgan fingerprint density at radius 1 is 1.46 bits per heavy atom. The van der Waals surface area contributed by atoms with Gasteiger partial charge >= 0.3 is 0 Å². The van der Waals surface area contributed by atoms with E-state index in [1.165, 1.54) is 0 Å². The summed E-state index contributed by atoms with van der Waals surface area (Å²) in [4.78, 5) is 4.46. The van der Waals surface area contributed by atoms with Gasteiger partial charge in [0.05, 0.1) is 0 Å². The number of rotatable bonds is 0. The molecule has 2 rings (SSSR count). The smallest absolute Gasteiger partial charge is 0.154 e. The van der Waals surface area contributed by atoms with Gasteiger partial charge in [-0.2, -0.15) is 10.5 Å². The average Bonchev–Trinajstić information content (AvgIpc) is 2.29. The third kappa shape index (κ3) is 1.73. The van der Waals surface area contributed by atoms with Gasteiger partial charge in [0.15, 0.2) is 6.04 Å². The first-order chi connectivity index (χ1) is 5.70. The van der Waals surface area contributed by atoms with Crippen LogP contribution >= 0.6 is 0 Å². The Morgan fingerprint density at radius 3 is 2.77 bits per heavy atom. The third-order valence-corrected chi connectivity index (χ3v) is 2.22. The normalized spacial score (nSPS) is 42.8. The Kier molecular flexibility index (Phi) is 3.33. The van der Waals surface area contributed by atoms with E-state index in [-0.39, 0.29) is 23.1 Å². The summed E-state index contributed by atoms with van der Waals surface area (Å²) in [5.74, 6) is 0. The summed E-state index contributed by atoms with van der Waals surface area (Å²) in [7, 11) is 0. The minimum Gasteiger partial charge on any atom is -0.596 e. The minimum absolute atomic E-state index is 0. The Balaban J connectivity index is 0.000000845. The summed E-state index contributed by atoms with van der Waals surface area (Å²) < 4.78 is 0. The fourth-order valence-electron chi connectivity index (χ4n) is 1.59. The predicted molar refractivity (Wildman–Crippen MR) is 38.5 cm³/mol. The van der Waals surface area contributed by atoms with Crippen molar-refractivity contribution < 1.29 is 32.5 Å². The average molecular weight is 227 g/mol. The molecular weight excluding hydrogens is 217 g/mol. The second kappa shape index (κ2) is 3.95. The summed E-state index contributed by atoms with van der Waals surface area (Å²) in [6, 6.07) is -0.466. The van der Waals surface area contributed by atoms with E-state index in [2.05, 4.69) is 4.94 Å². The molecule has 1 heterocycles. The Bertz CT molecular complexity index is 215. The van der Waals surface area contributed by atoms with Gasteiger partial charge in [0, 0.05) is 17.1 Å². The number of hydrogen-bond donors (Lipinski definition) is 3. The van der Waals surface area contributed by atoms with Crippen molar-refractivity contribution in [2.75, 3.05) is 0 Å². The van der Waals surface area contributed by atoms with Crippen LogP contribution < -0.4 is 16.2 Å². The number of nitrogens with one attached hydrogen (secondary N) is 2. The van der Waals surface area contributed by atoms with Crippen LogP contribution in [0.4, 0.5) is 0 Å². The second-order valence-electron chi connectivity index (χ2n) is 2.96. The molecule has 75 valence electrons. The molecule has 0 amide bonds. The van der Waals surface area contributed by atoms with E-state index in [1.807, 2.05) is 0 Å². The zero-order chi connectivity index (χ0) is 8.72. The maximum absolute atomic E-state index is 11.1. The van der Waals surface area contributed by atoms with Crippen molar-refractivity contribution in [1.82, 2.24) is 0 Å². The molecule has 4 unspecified atom stereocenters. The van der Waals surface area contributed by atoms with Crippen LogP contribution in [0.15, 0.2) is 12.2 Å². The largest absolute Gasteiger partial charge is 0.596 e. The molecule has 1 saturated heterocycles. The molecule has 1 aliphatic carbocycles. The molecule has 0 aromatic carbocycles. The molecule has 0 spiro atoms. The number of hydrogen-bond acceptors (Lipinski definition) is 4. The summed E-state index contributed by atoms with van der Waals surface area (Å²) >= 11 is 0. The van der Waals surface area contributed by atoms with Crippen molar-refractivity contribution in [2.45, 2.75) is 18.5 Å². The molecule has 4 N–H and O–H groups in total. The number of quaternary nitrogens is 2. The molecular formula is C6H10MnN3O3-. The van der Waals surface area contributed by atoms with Crippen LogP contribution in [0.2, 0.25) is 0 Å². The van der Waals surface area contributed by atoms with Crippen molar-refractivity contribution in [1.29, 1.82) is 0 Å². The van der Waals surface area contributed by atoms with Gasteiger partial charge in [0.25, 0.3) is 0 Å². The van der Waals surface area contributed by atoms with Gasteiger partial charge in [0.2, 0.25) is 0 Å². The van der Waals surface area contributed by atoms with Gasteiger partial charge in [0.1, 0.15) is 6.04 Å². The topological polar surface area (TPSA) is 90.2 Å². The molecule has 13 heavy (non-hydrogen) atoms. The molecule has 1 fully saturated rings. The van der Waals surface area contributed by atoms with E-state index in [4.69, 9.17) is 5.73 Å². The van der Waals surface area contributed by atoms with E-state index < -0.39 is 16.5 Å². The van der Waals surface area contributed by atoms with Gasteiger partial charge < -0.3 is 16.1 Å². The van der Waals surface area contributed by atoms with Crippen molar-refractivity contribution in [2.24, 2.45) is 5.73 Å². The first kappa shape index (κ1) is 11.0. The Morgan fingerprint density at radius 2 is 2.15 bits per heavy atom. The summed E-state index contributed by atoms with van der Waals surface area (Å²) in [6.07, 6.45) is 4.01. The first-order valence-electron chi connectivity index (χ1n) is 3.74. The van der Waals surface area contributed by atoms with Crippen LogP contribution in [0.1, 0.15) is 6.42 Å². The quantitative estimate of drug-likeness (QED) is 0.231. The fraction of sp³-hybridized carbons (Fsp3) is 0.500. The van der Waals surface area contributed by atoms with Crippen LogP contribution in [0.3, 0.4) is 0 Å². The SMILES string of the molecule is N[C-]1C=CCC2C1[NH+]([O-])O[NH+]2[O-].[Mn]. The third-order valence-electron chi connectivity index (χ3n) is 2.22. The van der Waals surface area contributed by atoms with Gasteiger partial charge in [-0.3, -0.25) is 0 Å². The van der Waals surface area contributed by atoms with Crippen molar-refractivity contribution in [3.63, 3.8) is 0 Å². The molecule has 0 bridgehead atoms. The van der Waals surface area contributed by atoms with Crippen LogP contribution in [0.25, 0.3) is 0 Å². The first-order valence-corrected chi connectivity index (χ1v) is 3.74. The summed E-state index contributed by atoms with van der Waals surface area (Å²) in [5.41, 5.74) is 5.55. The minimum atomic E-state index is -0.525. The molecule has 1 aliphatic heterocycles. The number of nitrogens with two attached hydrogens (primary N) is 1. The molecule has 7 heteroatoms. The Hall–Kier alpha value is -0.111. The summed E-state index contributed by atoms with van der Waals surface area (Å²) in [5, 5.41) is 21.1. The molecule has 6 nitrogen and oxygen atoms in total. The van der Waals surface area contributed by atoms with E-state index >= 15 is 0 Å². The van der Waals surface area contributed by atoms with Gasteiger partial charge in [-0.1, -0.05) is 6.04 Å². The predicted octanol–water partition coefficient (Wildman–Crippen LogP) is -3.20. The molecule has 2 aliphatic rings. The molecule has 0 saturated carbocycles. The van der Waals surface area contributed by atoms with Crippen LogP contribution in [-0.4, -0.2) is 12.1 Å². The van der Waals surface area contributed by atoms with E-state index in [0.717, 1.165) is 0 Å². The molecule has 0 aromatic heterocycles. The zero-order valence-electron chi connectivity index (χ0n) is 6.70. The fourth-order valence-corrected chi connectivity index (χ4v) is 1.59. The standard InChI is InChI=1S/C6H10N3O3.Mn/c7-4-2-1-3-5-6(4)9(11)12-8(5)10;/h1-2,5-6,8-9H,3,7H2;/q-1;. The van der Waals surface area contributed by atoms with Crippen LogP contribution in [0, 0.1) is 16.5 Å². The van der Waals surface area contributed by atoms with Crippen molar-refractivity contribution in [3.05, 3.63) is 28.6 Å². The van der Waals surface area contributed by atoms with Crippen molar-refractivity contribution >= 4 is 0 Å². The monoisotopic (exact) mass is 227 g/mol. The van der Waals surface area contributed by atoms with Crippen LogP contribution in [-0.2, 0) is 22.0 Å². The number of fused-ring (bicyclic) bond motifs is 1. The van der Waals surface area contributed by atoms with E-state index in [1.54, 1.807) is 12.2 Å². The molecule has 0 aromatic rings. The maximum atomic E-state index is 11.1. The Labute approximate surface area is 85.8 Å². The van der Waals surface area contributed by atoms with E-state index in [9.17, 15) is 10.4 Å². The van der Waals surface area contributed by atoms with Gasteiger partial charge in [-0.05, 0) is 11.4 Å².